The molecule has 9 nitrogen and oxygen atoms in total. The SMILES string of the molecule is CC(C)P(=O)([O-])[O-].CC(C)P(=O)([O-])[O-].CC(C)P(=O)([O-])[O-].[Al+3].[Al+3]. The topological polar surface area (TPSA) is 190 Å². The van der Waals surface area contributed by atoms with Crippen LogP contribution < -0.4 is 29.4 Å². The van der Waals surface area contributed by atoms with Crippen LogP contribution >= 0.6 is 22.8 Å². The van der Waals surface area contributed by atoms with Crippen molar-refractivity contribution in [2.45, 2.75) is 58.5 Å². The van der Waals surface area contributed by atoms with Gasteiger partial charge in [-0.15, -0.1) is 0 Å². The van der Waals surface area contributed by atoms with Gasteiger partial charge in [0.1, 0.15) is 0 Å². The summed E-state index contributed by atoms with van der Waals surface area (Å²) in [7, 11) is -12.7. The number of hydrogen-bond donors (Lipinski definition) is 0. The van der Waals surface area contributed by atoms with Gasteiger partial charge in [-0.05, 0) is 17.0 Å². The summed E-state index contributed by atoms with van der Waals surface area (Å²) in [6.07, 6.45) is 0. The molecule has 0 heterocycles. The van der Waals surface area contributed by atoms with Crippen molar-refractivity contribution in [2.24, 2.45) is 0 Å². The van der Waals surface area contributed by atoms with Gasteiger partial charge in [0, 0.05) is 0 Å². The standard InChI is InChI=1S/3C3H9O3P.2Al/c3*1-3(2)7(4,5)6;;/h3*3H,1-2H3,(H2,4,5,6);;/q;;;2*+3/p-6. The molecular formula is C9H21Al2O9P3. The second kappa shape index (κ2) is 14.7. The summed E-state index contributed by atoms with van der Waals surface area (Å²) in [5, 5.41) is 0. The van der Waals surface area contributed by atoms with E-state index >= 15 is 0 Å². The van der Waals surface area contributed by atoms with Gasteiger partial charge in [-0.25, -0.2) is 0 Å². The van der Waals surface area contributed by atoms with Crippen LogP contribution in [0.25, 0.3) is 0 Å². The van der Waals surface area contributed by atoms with E-state index in [-0.39, 0.29) is 34.7 Å². The fourth-order valence-corrected chi connectivity index (χ4v) is 0. The van der Waals surface area contributed by atoms with E-state index in [0.717, 1.165) is 0 Å². The van der Waals surface area contributed by atoms with Gasteiger partial charge in [0.15, 0.2) is 0 Å². The molecule has 0 aliphatic heterocycles. The zero-order valence-corrected chi connectivity index (χ0v) is 18.9. The van der Waals surface area contributed by atoms with Crippen LogP contribution in [0.5, 0.6) is 0 Å². The Morgan fingerprint density at radius 2 is 0.522 bits per heavy atom. The summed E-state index contributed by atoms with van der Waals surface area (Å²) >= 11 is 0. The van der Waals surface area contributed by atoms with Crippen molar-refractivity contribution in [3.8, 4) is 0 Å². The van der Waals surface area contributed by atoms with Crippen LogP contribution in [0.15, 0.2) is 0 Å². The first-order valence-electron chi connectivity index (χ1n) is 5.88. The summed E-state index contributed by atoms with van der Waals surface area (Å²) in [5.41, 5.74) is -2.27. The molecule has 0 rings (SSSR count). The fourth-order valence-electron chi connectivity index (χ4n) is 0. The van der Waals surface area contributed by atoms with Crippen molar-refractivity contribution >= 4 is 57.5 Å². The molecule has 0 bridgehead atoms. The molecule has 0 aliphatic carbocycles. The minimum absolute atomic E-state index is 0. The second-order valence-electron chi connectivity index (χ2n) is 4.90. The molecule has 0 saturated heterocycles. The van der Waals surface area contributed by atoms with Crippen LogP contribution in [0, 0.1) is 0 Å². The van der Waals surface area contributed by atoms with E-state index in [1.165, 1.54) is 41.5 Å². The minimum Gasteiger partial charge on any atom is -0.811 e. The zero-order valence-electron chi connectivity index (χ0n) is 13.9. The molecule has 0 N–H and O–H groups in total. The van der Waals surface area contributed by atoms with Gasteiger partial charge >= 0.3 is 34.7 Å². The maximum absolute atomic E-state index is 9.80. The van der Waals surface area contributed by atoms with E-state index in [0.29, 0.717) is 0 Å². The molecule has 0 radical (unpaired) electrons. The van der Waals surface area contributed by atoms with Gasteiger partial charge in [0.2, 0.25) is 0 Å². The van der Waals surface area contributed by atoms with Gasteiger partial charge in [-0.2, -0.15) is 0 Å². The summed E-state index contributed by atoms with van der Waals surface area (Å²) < 4.78 is 29.4. The molecule has 0 spiro atoms. The van der Waals surface area contributed by atoms with Crippen molar-refractivity contribution in [1.82, 2.24) is 0 Å². The quantitative estimate of drug-likeness (QED) is 0.342. The van der Waals surface area contributed by atoms with Crippen LogP contribution in [0.3, 0.4) is 0 Å². The predicted molar refractivity (Wildman–Crippen MR) is 79.7 cm³/mol. The molecule has 132 valence electrons. The Morgan fingerprint density at radius 1 is 0.478 bits per heavy atom. The van der Waals surface area contributed by atoms with Crippen LogP contribution in [-0.2, 0) is 13.7 Å². The van der Waals surface area contributed by atoms with Gasteiger partial charge in [0.25, 0.3) is 0 Å². The van der Waals surface area contributed by atoms with E-state index < -0.39 is 39.8 Å². The number of rotatable bonds is 3. The molecular weight excluding hydrogens is 399 g/mol. The molecule has 0 amide bonds. The van der Waals surface area contributed by atoms with Crippen LogP contribution in [0.4, 0.5) is 0 Å². The summed E-state index contributed by atoms with van der Waals surface area (Å²) in [6.45, 7) is 8.17. The smallest absolute Gasteiger partial charge is 0.811 e. The molecule has 0 aromatic carbocycles. The van der Waals surface area contributed by atoms with E-state index in [4.69, 9.17) is 0 Å². The van der Waals surface area contributed by atoms with Gasteiger partial charge in [-0.1, -0.05) is 64.3 Å². The average Bonchev–Trinajstić information content (AvgIpc) is 2.14. The molecule has 0 aliphatic rings. The third-order valence-corrected chi connectivity index (χ3v) is 5.69. The first-order valence-corrected chi connectivity index (χ1v) is 10.7. The summed E-state index contributed by atoms with van der Waals surface area (Å²) in [5.74, 6) is 0. The van der Waals surface area contributed by atoms with Crippen molar-refractivity contribution in [3.63, 3.8) is 0 Å². The van der Waals surface area contributed by atoms with E-state index in [1.807, 2.05) is 0 Å². The molecule has 0 fully saturated rings. The van der Waals surface area contributed by atoms with Crippen LogP contribution in [0.2, 0.25) is 0 Å². The van der Waals surface area contributed by atoms with Gasteiger partial charge < -0.3 is 43.1 Å². The monoisotopic (exact) mass is 420 g/mol. The minimum atomic E-state index is -4.24. The first-order chi connectivity index (χ1) is 8.83. The largest absolute Gasteiger partial charge is 3.00 e. The van der Waals surface area contributed by atoms with Crippen LogP contribution in [0.1, 0.15) is 41.5 Å². The third-order valence-electron chi connectivity index (χ3n) is 1.90. The summed E-state index contributed by atoms with van der Waals surface area (Å²) in [6, 6.07) is 0. The molecule has 0 aromatic rings. The molecule has 0 aromatic heterocycles. The Morgan fingerprint density at radius 3 is 0.522 bits per heavy atom. The van der Waals surface area contributed by atoms with Gasteiger partial charge in [0.05, 0.1) is 0 Å². The van der Waals surface area contributed by atoms with Crippen molar-refractivity contribution in [2.75, 3.05) is 0 Å². The van der Waals surface area contributed by atoms with Crippen molar-refractivity contribution < 1.29 is 43.1 Å². The molecule has 0 saturated carbocycles. The Kier molecular flexibility index (Phi) is 22.7. The summed E-state index contributed by atoms with van der Waals surface area (Å²) in [4.78, 5) is 58.8. The third kappa shape index (κ3) is 28.6. The predicted octanol–water partition coefficient (Wildman–Crippen LogP) is -2.84. The van der Waals surface area contributed by atoms with Crippen LogP contribution in [-0.4, -0.2) is 51.7 Å². The van der Waals surface area contributed by atoms with E-state index in [2.05, 4.69) is 0 Å². The van der Waals surface area contributed by atoms with Gasteiger partial charge in [-0.3, -0.25) is 0 Å². The van der Waals surface area contributed by atoms with E-state index in [9.17, 15) is 43.1 Å². The Labute approximate surface area is 159 Å². The first kappa shape index (κ1) is 35.6. The Hall–Kier alpha value is 1.51. The molecule has 0 unspecified atom stereocenters. The molecule has 23 heavy (non-hydrogen) atoms. The fraction of sp³-hybridized carbons (Fsp3) is 1.00. The zero-order chi connectivity index (χ0) is 18.2. The average molecular weight is 420 g/mol. The maximum atomic E-state index is 9.80. The normalized spacial score (nSPS) is 11.6. The van der Waals surface area contributed by atoms with Crippen molar-refractivity contribution in [3.05, 3.63) is 0 Å². The van der Waals surface area contributed by atoms with E-state index in [1.54, 1.807) is 0 Å². The maximum Gasteiger partial charge on any atom is 3.00 e. The van der Waals surface area contributed by atoms with Crippen molar-refractivity contribution in [1.29, 1.82) is 0 Å². The molecule has 14 heteroatoms. The Bertz CT molecular complexity index is 349. The number of hydrogen-bond acceptors (Lipinski definition) is 9. The second-order valence-corrected chi connectivity index (χ2v) is 11.2. The molecule has 0 atom stereocenters. The Balaban J connectivity index is -0.0000000675.